The van der Waals surface area contributed by atoms with Crippen LogP contribution in [0, 0.1) is 5.92 Å². The zero-order valence-electron chi connectivity index (χ0n) is 36.5. The number of nitrogens with one attached hydrogen (secondary N) is 2. The summed E-state index contributed by atoms with van der Waals surface area (Å²) in [6.07, 6.45) is 6.23. The molecule has 2 fully saturated rings. The number of hydrogen-bond donors (Lipinski definition) is 2. The smallest absolute Gasteiger partial charge is 0.407 e. The molecule has 1 aromatic heterocycles. The summed E-state index contributed by atoms with van der Waals surface area (Å²) in [6.45, 7) is 7.59. The van der Waals surface area contributed by atoms with Crippen LogP contribution in [0.2, 0.25) is 0 Å². The van der Waals surface area contributed by atoms with E-state index in [4.69, 9.17) is 19.5 Å². The molecule has 12 nitrogen and oxygen atoms in total. The predicted molar refractivity (Wildman–Crippen MR) is 243 cm³/mol. The van der Waals surface area contributed by atoms with Crippen molar-refractivity contribution in [1.82, 2.24) is 30.0 Å². The molecule has 0 radical (unpaired) electrons. The Kier molecular flexibility index (Phi) is 12.7. The largest absolute Gasteiger partial charge is 0.453 e. The third-order valence-corrected chi connectivity index (χ3v) is 12.5. The maximum atomic E-state index is 14.3. The van der Waals surface area contributed by atoms with Gasteiger partial charge in [0, 0.05) is 50.0 Å². The van der Waals surface area contributed by atoms with Crippen LogP contribution in [0.3, 0.4) is 0 Å². The highest BCUT2D eigenvalue weighted by Crippen LogP contribution is 2.36. The Labute approximate surface area is 364 Å². The van der Waals surface area contributed by atoms with E-state index in [1.54, 1.807) is 0 Å². The fourth-order valence-electron chi connectivity index (χ4n) is 9.31. The number of hydrogen-bond acceptors (Lipinski definition) is 8. The second-order valence-corrected chi connectivity index (χ2v) is 17.1. The van der Waals surface area contributed by atoms with Gasteiger partial charge in [-0.15, -0.1) is 0 Å². The number of aromatic nitrogens is 2. The summed E-state index contributed by atoms with van der Waals surface area (Å²) in [5.74, 6) is 0.585. The van der Waals surface area contributed by atoms with E-state index >= 15 is 0 Å². The number of H-pyrrole nitrogens is 1. The molecule has 0 saturated carbocycles. The van der Waals surface area contributed by atoms with E-state index < -0.39 is 12.1 Å². The Morgan fingerprint density at radius 3 is 2.26 bits per heavy atom. The topological polar surface area (TPSA) is 132 Å². The highest BCUT2D eigenvalue weighted by atomic mass is 16.5. The monoisotopic (exact) mass is 835 g/mol. The van der Waals surface area contributed by atoms with Crippen molar-refractivity contribution in [2.75, 3.05) is 40.9 Å². The van der Waals surface area contributed by atoms with Crippen molar-refractivity contribution in [3.05, 3.63) is 120 Å². The Morgan fingerprint density at radius 1 is 0.871 bits per heavy atom. The van der Waals surface area contributed by atoms with Gasteiger partial charge in [-0.3, -0.25) is 19.5 Å². The van der Waals surface area contributed by atoms with Crippen LogP contribution < -0.4 is 5.32 Å². The second kappa shape index (κ2) is 18.5. The SMILES string of the molecule is CCO[C@H]1C[C@@H](C2=NC=C(c3ccc(-c4ccc5cc(-c6cnc([C@@H]7CCCN7C(=O)[C@@H](NC(=O)OC)C(C)C)[nH]6)ccc5c4)cc3)C2)N(C(=O)[C@@H](c2ccccc2)N(C)C)C1. The number of likely N-dealkylation sites (N-methyl/N-ethyl adjacent to an activating group) is 1. The molecule has 2 saturated heterocycles. The van der Waals surface area contributed by atoms with Crippen molar-refractivity contribution in [3.63, 3.8) is 0 Å². The Balaban J connectivity index is 0.930. The first-order valence-electron chi connectivity index (χ1n) is 21.8. The Bertz CT molecular complexity index is 2480. The van der Waals surface area contributed by atoms with Gasteiger partial charge >= 0.3 is 6.09 Å². The van der Waals surface area contributed by atoms with E-state index in [-0.39, 0.29) is 42.0 Å². The van der Waals surface area contributed by atoms with Crippen LogP contribution in [0.15, 0.2) is 108 Å². The van der Waals surface area contributed by atoms with Crippen LogP contribution in [0.1, 0.15) is 75.5 Å². The Morgan fingerprint density at radius 2 is 1.56 bits per heavy atom. The average Bonchev–Trinajstić information content (AvgIpc) is 4.12. The van der Waals surface area contributed by atoms with E-state index in [1.165, 1.54) is 7.11 Å². The van der Waals surface area contributed by atoms with E-state index in [2.05, 4.69) is 71.0 Å². The van der Waals surface area contributed by atoms with Crippen molar-refractivity contribution in [2.24, 2.45) is 10.9 Å². The first-order valence-corrected chi connectivity index (χ1v) is 21.8. The molecule has 62 heavy (non-hydrogen) atoms. The lowest BCUT2D eigenvalue weighted by atomic mass is 9.95. The van der Waals surface area contributed by atoms with Crippen molar-refractivity contribution in [1.29, 1.82) is 0 Å². The number of nitrogens with zero attached hydrogens (tertiary/aromatic N) is 5. The highest BCUT2D eigenvalue weighted by molar-refractivity contribution is 6.04. The molecule has 0 unspecified atom stereocenters. The number of fused-ring (bicyclic) bond motifs is 1. The van der Waals surface area contributed by atoms with Crippen LogP contribution in [0.25, 0.3) is 38.7 Å². The molecule has 12 heteroatoms. The number of alkyl carbamates (subject to hydrolysis) is 1. The number of aliphatic imine (C=N–C) groups is 1. The number of imidazole rings is 1. The molecule has 3 aliphatic rings. The molecule has 4 heterocycles. The van der Waals surface area contributed by atoms with Gasteiger partial charge in [-0.05, 0) is 90.5 Å². The number of carbonyl (C=O) groups excluding carboxylic acids is 3. The molecule has 3 aliphatic heterocycles. The maximum absolute atomic E-state index is 14.3. The molecular weight excluding hydrogens is 779 g/mol. The summed E-state index contributed by atoms with van der Waals surface area (Å²) in [5.41, 5.74) is 8.38. The van der Waals surface area contributed by atoms with Gasteiger partial charge in [0.05, 0.1) is 37.2 Å². The molecule has 2 N–H and O–H groups in total. The third-order valence-electron chi connectivity index (χ3n) is 12.5. The molecular formula is C50H57N7O5. The first kappa shape index (κ1) is 42.6. The van der Waals surface area contributed by atoms with Gasteiger partial charge in [0.2, 0.25) is 11.8 Å². The van der Waals surface area contributed by atoms with Crippen molar-refractivity contribution >= 4 is 40.0 Å². The van der Waals surface area contributed by atoms with Crippen LogP contribution in [0.5, 0.6) is 0 Å². The standard InChI is InChI=1S/C50H57N7O5/c1-7-62-40-27-44(57(30-40)49(59)46(55(4)5)34-12-9-8-10-13-34)41-26-39(28-51-41)33-17-15-32(16-18-33)35-19-20-37-25-38(22-21-36(37)24-35)42-29-52-47(53-42)43-14-11-23-56(43)48(58)45(31(2)3)54-50(60)61-6/h8-10,12-13,15-22,24-25,28-29,31,40,43-46H,7,11,14,23,26-27,30H2,1-6H3,(H,52,53)(H,54,60)/t40-,43-,44-,45-,46+/m0/s1. The number of aromatic amines is 1. The molecule has 0 bridgehead atoms. The van der Waals surface area contributed by atoms with Crippen molar-refractivity contribution < 1.29 is 23.9 Å². The molecule has 5 aromatic rings. The number of rotatable bonds is 13. The molecule has 3 amide bonds. The summed E-state index contributed by atoms with van der Waals surface area (Å²) in [4.78, 5) is 58.9. The van der Waals surface area contributed by atoms with Crippen LogP contribution in [-0.4, -0.2) is 107 Å². The van der Waals surface area contributed by atoms with E-state index in [0.29, 0.717) is 26.1 Å². The number of likely N-dealkylation sites (tertiary alicyclic amines) is 2. The molecule has 0 aliphatic carbocycles. The van der Waals surface area contributed by atoms with Gasteiger partial charge in [-0.1, -0.05) is 92.7 Å². The number of methoxy groups -OCH3 is 1. The number of benzene rings is 4. The lowest BCUT2D eigenvalue weighted by molar-refractivity contribution is -0.137. The summed E-state index contributed by atoms with van der Waals surface area (Å²) in [7, 11) is 5.21. The quantitative estimate of drug-likeness (QED) is 0.122. The average molecular weight is 836 g/mol. The third kappa shape index (κ3) is 8.80. The van der Waals surface area contributed by atoms with Gasteiger partial charge in [0.1, 0.15) is 17.9 Å². The van der Waals surface area contributed by atoms with Crippen LogP contribution in [0.4, 0.5) is 4.79 Å². The number of amides is 3. The molecule has 8 rings (SSSR count). The first-order chi connectivity index (χ1) is 30.0. The van der Waals surface area contributed by atoms with Crippen molar-refractivity contribution in [2.45, 2.75) is 76.7 Å². The van der Waals surface area contributed by atoms with Gasteiger partial charge < -0.3 is 29.6 Å². The minimum atomic E-state index is -0.682. The fraction of sp³-hybridized carbons (Fsp3) is 0.380. The van der Waals surface area contributed by atoms with Gasteiger partial charge in [0.15, 0.2) is 0 Å². The van der Waals surface area contributed by atoms with Gasteiger partial charge in [0.25, 0.3) is 0 Å². The molecule has 4 aromatic carbocycles. The summed E-state index contributed by atoms with van der Waals surface area (Å²) < 4.78 is 10.9. The number of ether oxygens (including phenoxy) is 2. The second-order valence-electron chi connectivity index (χ2n) is 17.1. The highest BCUT2D eigenvalue weighted by Gasteiger charge is 2.42. The number of carbonyl (C=O) groups is 3. The lowest BCUT2D eigenvalue weighted by Crippen LogP contribution is -2.51. The normalized spacial score (nSPS) is 19.8. The van der Waals surface area contributed by atoms with Gasteiger partial charge in [-0.25, -0.2) is 9.78 Å². The van der Waals surface area contributed by atoms with E-state index in [9.17, 15) is 14.4 Å². The minimum Gasteiger partial charge on any atom is -0.453 e. The zero-order chi connectivity index (χ0) is 43.5. The summed E-state index contributed by atoms with van der Waals surface area (Å²) >= 11 is 0. The van der Waals surface area contributed by atoms with Crippen molar-refractivity contribution in [3.8, 4) is 22.4 Å². The maximum Gasteiger partial charge on any atom is 0.407 e. The van der Waals surface area contributed by atoms with E-state index in [1.807, 2.05) is 92.3 Å². The summed E-state index contributed by atoms with van der Waals surface area (Å²) in [5, 5.41) is 4.95. The lowest BCUT2D eigenvalue weighted by Gasteiger charge is -2.32. The predicted octanol–water partition coefficient (Wildman–Crippen LogP) is 8.44. The van der Waals surface area contributed by atoms with Crippen LogP contribution in [-0.2, 0) is 19.1 Å². The molecule has 5 atom stereocenters. The van der Waals surface area contributed by atoms with E-state index in [0.717, 1.165) is 80.7 Å². The summed E-state index contributed by atoms with van der Waals surface area (Å²) in [6, 6.07) is 30.2. The molecule has 0 spiro atoms. The number of allylic oxidation sites excluding steroid dienone is 1. The van der Waals surface area contributed by atoms with Gasteiger partial charge in [-0.2, -0.15) is 0 Å². The van der Waals surface area contributed by atoms with Crippen LogP contribution >= 0.6 is 0 Å². The fourth-order valence-corrected chi connectivity index (χ4v) is 9.31. The Hall–Kier alpha value is -6.11. The zero-order valence-corrected chi connectivity index (χ0v) is 36.5. The minimum absolute atomic E-state index is 0.0279. The molecule has 322 valence electrons.